The summed E-state index contributed by atoms with van der Waals surface area (Å²) in [7, 11) is 0. The van der Waals surface area contributed by atoms with Crippen molar-refractivity contribution in [3.05, 3.63) is 97.3 Å². The summed E-state index contributed by atoms with van der Waals surface area (Å²) in [5, 5.41) is 4.47. The molecule has 1 amide bonds. The van der Waals surface area contributed by atoms with Crippen LogP contribution in [0.25, 0.3) is 15.9 Å². The standard InChI is InChI=1S/C23H20FN3O3S/c1-14-4-3-5-18(15(14)2)27-22(29)21-19(10-11-31-21)26(23(27)30)13-20(28)25-12-16-6-8-17(24)9-7-16/h3-11H,12-13H2,1-2H3,(H,25,28). The van der Waals surface area contributed by atoms with Gasteiger partial charge in [-0.3, -0.25) is 14.2 Å². The van der Waals surface area contributed by atoms with Crippen LogP contribution < -0.4 is 16.6 Å². The van der Waals surface area contributed by atoms with Crippen LogP contribution in [0.2, 0.25) is 0 Å². The van der Waals surface area contributed by atoms with Crippen LogP contribution >= 0.6 is 11.3 Å². The van der Waals surface area contributed by atoms with Crippen LogP contribution in [-0.4, -0.2) is 15.0 Å². The molecule has 1 N–H and O–H groups in total. The number of nitrogens with one attached hydrogen (secondary N) is 1. The SMILES string of the molecule is Cc1cccc(-n2c(=O)c3sccc3n(CC(=O)NCc3ccc(F)cc3)c2=O)c1C. The lowest BCUT2D eigenvalue weighted by Crippen LogP contribution is -2.41. The third-order valence-electron chi connectivity index (χ3n) is 5.28. The molecule has 2 heterocycles. The molecule has 4 rings (SSSR count). The van der Waals surface area contributed by atoms with Crippen LogP contribution in [0.1, 0.15) is 16.7 Å². The quantitative estimate of drug-likeness (QED) is 0.521. The average molecular weight is 437 g/mol. The number of thiophene rings is 1. The Labute approximate surface area is 181 Å². The van der Waals surface area contributed by atoms with E-state index in [1.165, 1.54) is 28.0 Å². The molecule has 8 heteroatoms. The number of carbonyl (C=O) groups excluding carboxylic acids is 1. The summed E-state index contributed by atoms with van der Waals surface area (Å²) in [6.07, 6.45) is 0. The minimum atomic E-state index is -0.568. The Morgan fingerprint density at radius 1 is 1.06 bits per heavy atom. The lowest BCUT2D eigenvalue weighted by atomic mass is 10.1. The highest BCUT2D eigenvalue weighted by Gasteiger charge is 2.18. The fraction of sp³-hybridized carbons (Fsp3) is 0.174. The summed E-state index contributed by atoms with van der Waals surface area (Å²) in [4.78, 5) is 39.0. The molecule has 2 aromatic carbocycles. The number of hydrogen-bond donors (Lipinski definition) is 1. The zero-order valence-electron chi connectivity index (χ0n) is 17.0. The molecule has 2 aromatic heterocycles. The number of halogens is 1. The van der Waals surface area contributed by atoms with Gasteiger partial charge >= 0.3 is 5.69 Å². The van der Waals surface area contributed by atoms with Crippen molar-refractivity contribution in [2.75, 3.05) is 0 Å². The van der Waals surface area contributed by atoms with Crippen molar-refractivity contribution in [2.24, 2.45) is 0 Å². The summed E-state index contributed by atoms with van der Waals surface area (Å²) in [6, 6.07) is 12.9. The Morgan fingerprint density at radius 2 is 1.81 bits per heavy atom. The van der Waals surface area contributed by atoms with Gasteiger partial charge in [0.05, 0.1) is 11.2 Å². The molecule has 0 atom stereocenters. The third kappa shape index (κ3) is 3.94. The van der Waals surface area contributed by atoms with Gasteiger partial charge in [0.25, 0.3) is 5.56 Å². The Hall–Kier alpha value is -3.52. The van der Waals surface area contributed by atoms with Crippen molar-refractivity contribution >= 4 is 27.5 Å². The van der Waals surface area contributed by atoms with E-state index in [2.05, 4.69) is 5.32 Å². The highest BCUT2D eigenvalue weighted by Crippen LogP contribution is 2.19. The van der Waals surface area contributed by atoms with Crippen LogP contribution in [0, 0.1) is 19.7 Å². The average Bonchev–Trinajstić information content (AvgIpc) is 3.24. The number of rotatable bonds is 5. The predicted octanol–water partition coefficient (Wildman–Crippen LogP) is 3.29. The van der Waals surface area contributed by atoms with Gasteiger partial charge in [-0.2, -0.15) is 0 Å². The van der Waals surface area contributed by atoms with E-state index in [1.807, 2.05) is 19.9 Å². The van der Waals surface area contributed by atoms with E-state index < -0.39 is 11.2 Å². The first-order chi connectivity index (χ1) is 14.9. The molecule has 4 aromatic rings. The monoisotopic (exact) mass is 437 g/mol. The number of fused-ring (bicyclic) bond motifs is 1. The number of aromatic nitrogens is 2. The van der Waals surface area contributed by atoms with Crippen molar-refractivity contribution < 1.29 is 9.18 Å². The highest BCUT2D eigenvalue weighted by atomic mass is 32.1. The van der Waals surface area contributed by atoms with E-state index in [4.69, 9.17) is 0 Å². The smallest absolute Gasteiger partial charge is 0.336 e. The maximum Gasteiger partial charge on any atom is 0.336 e. The number of hydrogen-bond acceptors (Lipinski definition) is 4. The molecule has 0 bridgehead atoms. The molecule has 158 valence electrons. The normalized spacial score (nSPS) is 11.1. The molecule has 6 nitrogen and oxygen atoms in total. The maximum atomic E-state index is 13.3. The molecule has 0 unspecified atom stereocenters. The third-order valence-corrected chi connectivity index (χ3v) is 6.17. The zero-order valence-corrected chi connectivity index (χ0v) is 17.8. The fourth-order valence-electron chi connectivity index (χ4n) is 3.43. The first-order valence-electron chi connectivity index (χ1n) is 9.67. The van der Waals surface area contributed by atoms with Gasteiger partial charge in [0.2, 0.25) is 5.91 Å². The fourth-order valence-corrected chi connectivity index (χ4v) is 4.26. The number of nitrogens with zero attached hydrogens (tertiary/aromatic N) is 2. The van der Waals surface area contributed by atoms with Gasteiger partial charge in [-0.15, -0.1) is 11.3 Å². The van der Waals surface area contributed by atoms with Crippen LogP contribution in [0.15, 0.2) is 63.5 Å². The summed E-state index contributed by atoms with van der Waals surface area (Å²) in [5.74, 6) is -0.736. The minimum absolute atomic E-state index is 0.206. The van der Waals surface area contributed by atoms with E-state index in [0.717, 1.165) is 21.3 Å². The van der Waals surface area contributed by atoms with Gasteiger partial charge in [0.1, 0.15) is 17.1 Å². The molecule has 0 saturated heterocycles. The molecule has 31 heavy (non-hydrogen) atoms. The maximum absolute atomic E-state index is 13.3. The van der Waals surface area contributed by atoms with E-state index >= 15 is 0 Å². The second-order valence-electron chi connectivity index (χ2n) is 7.27. The Morgan fingerprint density at radius 3 is 2.55 bits per heavy atom. The Balaban J connectivity index is 1.72. The largest absolute Gasteiger partial charge is 0.350 e. The Bertz CT molecular complexity index is 1400. The summed E-state index contributed by atoms with van der Waals surface area (Å²) in [5.41, 5.74) is 2.49. The lowest BCUT2D eigenvalue weighted by Gasteiger charge is -2.14. The minimum Gasteiger partial charge on any atom is -0.350 e. The van der Waals surface area contributed by atoms with Crippen LogP contribution in [-0.2, 0) is 17.9 Å². The van der Waals surface area contributed by atoms with E-state index in [0.29, 0.717) is 15.9 Å². The lowest BCUT2D eigenvalue weighted by molar-refractivity contribution is -0.121. The van der Waals surface area contributed by atoms with E-state index in [1.54, 1.807) is 35.7 Å². The van der Waals surface area contributed by atoms with E-state index in [-0.39, 0.29) is 24.8 Å². The second kappa shape index (κ2) is 8.31. The van der Waals surface area contributed by atoms with Crippen LogP contribution in [0.3, 0.4) is 0 Å². The van der Waals surface area contributed by atoms with Gasteiger partial charge in [-0.25, -0.2) is 13.8 Å². The molecule has 0 spiro atoms. The summed E-state index contributed by atoms with van der Waals surface area (Å²) < 4.78 is 15.9. The molecule has 0 aliphatic rings. The van der Waals surface area contributed by atoms with Gasteiger partial charge in [-0.1, -0.05) is 24.3 Å². The number of carbonyl (C=O) groups is 1. The van der Waals surface area contributed by atoms with Crippen molar-refractivity contribution in [1.29, 1.82) is 0 Å². The highest BCUT2D eigenvalue weighted by molar-refractivity contribution is 7.17. The van der Waals surface area contributed by atoms with Crippen molar-refractivity contribution in [3.63, 3.8) is 0 Å². The molecule has 0 aliphatic carbocycles. The van der Waals surface area contributed by atoms with Crippen LogP contribution in [0.4, 0.5) is 4.39 Å². The number of aryl methyl sites for hydroxylation is 1. The molecular weight excluding hydrogens is 417 g/mol. The van der Waals surface area contributed by atoms with Gasteiger partial charge in [-0.05, 0) is 60.2 Å². The first-order valence-corrected chi connectivity index (χ1v) is 10.6. The van der Waals surface area contributed by atoms with Gasteiger partial charge in [0.15, 0.2) is 0 Å². The van der Waals surface area contributed by atoms with E-state index in [9.17, 15) is 18.8 Å². The molecular formula is C23H20FN3O3S. The van der Waals surface area contributed by atoms with Crippen LogP contribution in [0.5, 0.6) is 0 Å². The summed E-state index contributed by atoms with van der Waals surface area (Å²) >= 11 is 1.23. The van der Waals surface area contributed by atoms with Gasteiger partial charge < -0.3 is 5.32 Å². The number of amides is 1. The van der Waals surface area contributed by atoms with Crippen molar-refractivity contribution in [2.45, 2.75) is 26.9 Å². The molecule has 0 saturated carbocycles. The zero-order chi connectivity index (χ0) is 22.1. The Kier molecular flexibility index (Phi) is 5.56. The molecule has 0 fully saturated rings. The van der Waals surface area contributed by atoms with Crippen molar-refractivity contribution in [1.82, 2.24) is 14.5 Å². The van der Waals surface area contributed by atoms with Gasteiger partial charge in [0, 0.05) is 6.54 Å². The topological polar surface area (TPSA) is 73.1 Å². The molecule has 0 aliphatic heterocycles. The second-order valence-corrected chi connectivity index (χ2v) is 8.18. The predicted molar refractivity (Wildman–Crippen MR) is 119 cm³/mol. The molecule has 0 radical (unpaired) electrons. The summed E-state index contributed by atoms with van der Waals surface area (Å²) in [6.45, 7) is 3.74. The van der Waals surface area contributed by atoms with Crippen molar-refractivity contribution in [3.8, 4) is 5.69 Å². The first kappa shape index (κ1) is 20.7. The number of benzene rings is 2.